The molecule has 0 bridgehead atoms. The quantitative estimate of drug-likeness (QED) is 0.381. The summed E-state index contributed by atoms with van der Waals surface area (Å²) in [7, 11) is 0. The molecule has 0 heterocycles. The Morgan fingerprint density at radius 3 is 2.44 bits per heavy atom. The normalized spacial score (nSPS) is 15.7. The van der Waals surface area contributed by atoms with Gasteiger partial charge in [-0.2, -0.15) is 0 Å². The van der Waals surface area contributed by atoms with Crippen LogP contribution in [0.5, 0.6) is 0 Å². The Labute approximate surface area is 109 Å². The van der Waals surface area contributed by atoms with Gasteiger partial charge < -0.3 is 30.7 Å². The van der Waals surface area contributed by atoms with Crippen LogP contribution in [0.2, 0.25) is 0 Å². The minimum atomic E-state index is -0.837. The van der Waals surface area contributed by atoms with Crippen LogP contribution < -0.4 is 11.1 Å². The number of rotatable bonds is 10. The van der Waals surface area contributed by atoms with Gasteiger partial charge in [-0.25, -0.2) is 0 Å². The van der Waals surface area contributed by atoms with Gasteiger partial charge in [0.25, 0.3) is 0 Å². The number of aliphatic hydroxyl groups excluding tert-OH is 2. The minimum absolute atomic E-state index is 0.0554. The first-order valence-corrected chi connectivity index (χ1v) is 6.34. The summed E-state index contributed by atoms with van der Waals surface area (Å²) < 4.78 is 10.5. The lowest BCUT2D eigenvalue weighted by molar-refractivity contribution is -0.0884. The summed E-state index contributed by atoms with van der Waals surface area (Å²) in [6.07, 6.45) is -1.47. The molecule has 0 radical (unpaired) electrons. The maximum absolute atomic E-state index is 9.72. The highest BCUT2D eigenvalue weighted by Gasteiger charge is 2.19. The maximum Gasteiger partial charge on any atom is 0.109 e. The lowest BCUT2D eigenvalue weighted by atomic mass is 10.1. The van der Waals surface area contributed by atoms with Crippen molar-refractivity contribution in [1.29, 1.82) is 0 Å². The molecule has 0 amide bonds. The molecular formula is C12H28N2O4. The highest BCUT2D eigenvalue weighted by molar-refractivity contribution is 4.70. The van der Waals surface area contributed by atoms with Crippen molar-refractivity contribution in [3.05, 3.63) is 0 Å². The molecule has 6 heteroatoms. The number of hydrogen-bond acceptors (Lipinski definition) is 6. The zero-order chi connectivity index (χ0) is 14.0. The smallest absolute Gasteiger partial charge is 0.109 e. The van der Waals surface area contributed by atoms with Crippen molar-refractivity contribution < 1.29 is 19.7 Å². The van der Waals surface area contributed by atoms with Gasteiger partial charge in [-0.05, 0) is 20.8 Å². The number of nitrogens with one attached hydrogen (secondary N) is 1. The third-order valence-electron chi connectivity index (χ3n) is 2.25. The topological polar surface area (TPSA) is 97.0 Å². The summed E-state index contributed by atoms with van der Waals surface area (Å²) in [4.78, 5) is 0. The highest BCUT2D eigenvalue weighted by atomic mass is 16.5. The van der Waals surface area contributed by atoms with E-state index in [4.69, 9.17) is 20.3 Å². The van der Waals surface area contributed by atoms with Crippen molar-refractivity contribution in [2.75, 3.05) is 39.5 Å². The number of aliphatic hydroxyl groups is 2. The minimum Gasteiger partial charge on any atom is -0.394 e. The summed E-state index contributed by atoms with van der Waals surface area (Å²) in [6, 6.07) is 0. The summed E-state index contributed by atoms with van der Waals surface area (Å²) in [5.41, 5.74) is 5.34. The van der Waals surface area contributed by atoms with Crippen molar-refractivity contribution >= 4 is 0 Å². The first-order valence-electron chi connectivity index (χ1n) is 6.34. The van der Waals surface area contributed by atoms with E-state index < -0.39 is 12.2 Å². The van der Waals surface area contributed by atoms with E-state index in [1.54, 1.807) is 0 Å². The van der Waals surface area contributed by atoms with Gasteiger partial charge in [-0.3, -0.25) is 0 Å². The van der Waals surface area contributed by atoms with E-state index in [2.05, 4.69) is 26.1 Å². The zero-order valence-corrected chi connectivity index (χ0v) is 11.7. The molecule has 0 spiro atoms. The van der Waals surface area contributed by atoms with Crippen LogP contribution in [-0.2, 0) is 9.47 Å². The Balaban J connectivity index is 3.64. The molecule has 0 aliphatic carbocycles. The zero-order valence-electron chi connectivity index (χ0n) is 11.7. The van der Waals surface area contributed by atoms with Gasteiger partial charge in [0.1, 0.15) is 12.2 Å². The van der Waals surface area contributed by atoms with Crippen LogP contribution >= 0.6 is 0 Å². The van der Waals surface area contributed by atoms with E-state index in [1.807, 2.05) is 0 Å². The molecule has 0 rings (SSSR count). The lowest BCUT2D eigenvalue weighted by Crippen LogP contribution is -2.40. The van der Waals surface area contributed by atoms with E-state index in [0.29, 0.717) is 26.3 Å². The third kappa shape index (κ3) is 9.76. The second-order valence-corrected chi connectivity index (χ2v) is 5.20. The van der Waals surface area contributed by atoms with Crippen LogP contribution in [0, 0.1) is 0 Å². The van der Waals surface area contributed by atoms with Crippen molar-refractivity contribution in [3.63, 3.8) is 0 Å². The van der Waals surface area contributed by atoms with Crippen LogP contribution in [0.1, 0.15) is 20.8 Å². The predicted octanol–water partition coefficient (Wildman–Crippen LogP) is -0.912. The lowest BCUT2D eigenvalue weighted by Gasteiger charge is -2.22. The fourth-order valence-electron chi connectivity index (χ4n) is 1.31. The second-order valence-electron chi connectivity index (χ2n) is 5.20. The van der Waals surface area contributed by atoms with Crippen molar-refractivity contribution in [2.45, 2.75) is 38.5 Å². The molecule has 18 heavy (non-hydrogen) atoms. The van der Waals surface area contributed by atoms with Gasteiger partial charge in [-0.15, -0.1) is 0 Å². The molecule has 0 aromatic rings. The van der Waals surface area contributed by atoms with Gasteiger partial charge >= 0.3 is 0 Å². The Hall–Kier alpha value is -0.240. The van der Waals surface area contributed by atoms with Gasteiger partial charge in [0.05, 0.1) is 26.4 Å². The highest BCUT2D eigenvalue weighted by Crippen LogP contribution is 2.00. The SMILES string of the molecule is CC(C)(C)NCCOCC(O)C(CO)OCCN. The Bertz CT molecular complexity index is 197. The molecule has 2 atom stereocenters. The average molecular weight is 264 g/mol. The average Bonchev–Trinajstić information content (AvgIpc) is 2.28. The van der Waals surface area contributed by atoms with Crippen LogP contribution in [-0.4, -0.2) is 67.5 Å². The van der Waals surface area contributed by atoms with Crippen molar-refractivity contribution in [1.82, 2.24) is 5.32 Å². The third-order valence-corrected chi connectivity index (χ3v) is 2.25. The van der Waals surface area contributed by atoms with Crippen LogP contribution in [0.15, 0.2) is 0 Å². The van der Waals surface area contributed by atoms with Gasteiger partial charge in [-0.1, -0.05) is 0 Å². The largest absolute Gasteiger partial charge is 0.394 e. The fraction of sp³-hybridized carbons (Fsp3) is 1.00. The summed E-state index contributed by atoms with van der Waals surface area (Å²) in [6.45, 7) is 8.01. The van der Waals surface area contributed by atoms with Crippen LogP contribution in [0.4, 0.5) is 0 Å². The summed E-state index contributed by atoms with van der Waals surface area (Å²) in [5.74, 6) is 0. The van der Waals surface area contributed by atoms with E-state index >= 15 is 0 Å². The molecule has 0 aliphatic heterocycles. The second kappa shape index (κ2) is 9.66. The molecule has 0 saturated heterocycles. The maximum atomic E-state index is 9.72. The van der Waals surface area contributed by atoms with E-state index in [9.17, 15) is 5.11 Å². The Morgan fingerprint density at radius 2 is 1.94 bits per heavy atom. The van der Waals surface area contributed by atoms with E-state index in [-0.39, 0.29) is 18.8 Å². The monoisotopic (exact) mass is 264 g/mol. The molecule has 6 nitrogen and oxygen atoms in total. The van der Waals surface area contributed by atoms with Crippen LogP contribution in [0.25, 0.3) is 0 Å². The van der Waals surface area contributed by atoms with E-state index in [1.165, 1.54) is 0 Å². The molecule has 0 aromatic heterocycles. The molecule has 0 fully saturated rings. The molecular weight excluding hydrogens is 236 g/mol. The number of hydrogen-bond donors (Lipinski definition) is 4. The van der Waals surface area contributed by atoms with Crippen LogP contribution in [0.3, 0.4) is 0 Å². The first kappa shape index (κ1) is 17.8. The Kier molecular flexibility index (Phi) is 9.53. The standard InChI is InChI=1S/C12H28N2O4/c1-12(2,3)14-5-7-17-9-10(16)11(8-15)18-6-4-13/h10-11,14-16H,4-9,13H2,1-3H3. The fourth-order valence-corrected chi connectivity index (χ4v) is 1.31. The predicted molar refractivity (Wildman–Crippen MR) is 70.5 cm³/mol. The molecule has 110 valence electrons. The molecule has 0 aliphatic rings. The van der Waals surface area contributed by atoms with Gasteiger partial charge in [0.2, 0.25) is 0 Å². The van der Waals surface area contributed by atoms with Crippen molar-refractivity contribution in [2.24, 2.45) is 5.73 Å². The van der Waals surface area contributed by atoms with Gasteiger partial charge in [0.15, 0.2) is 0 Å². The van der Waals surface area contributed by atoms with Crippen molar-refractivity contribution in [3.8, 4) is 0 Å². The molecule has 2 unspecified atom stereocenters. The van der Waals surface area contributed by atoms with E-state index in [0.717, 1.165) is 0 Å². The summed E-state index contributed by atoms with van der Waals surface area (Å²) in [5, 5.41) is 22.0. The molecule has 5 N–H and O–H groups in total. The first-order chi connectivity index (χ1) is 8.40. The molecule has 0 aromatic carbocycles. The Morgan fingerprint density at radius 1 is 1.28 bits per heavy atom. The molecule has 0 saturated carbocycles. The summed E-state index contributed by atoms with van der Waals surface area (Å²) >= 11 is 0. The number of nitrogens with two attached hydrogens (primary N) is 1. The van der Waals surface area contributed by atoms with Gasteiger partial charge in [0, 0.05) is 18.6 Å². The number of ether oxygens (including phenoxy) is 2.